The smallest absolute Gasteiger partial charge is 0.224 e. The Morgan fingerprint density at radius 1 is 1.15 bits per heavy atom. The number of carbonyl (C=O) groups excluding carboxylic acids is 1. The number of rotatable bonds is 9. The van der Waals surface area contributed by atoms with Crippen molar-refractivity contribution in [3.63, 3.8) is 0 Å². The van der Waals surface area contributed by atoms with Gasteiger partial charge in [-0.2, -0.15) is 5.26 Å². The van der Waals surface area contributed by atoms with Gasteiger partial charge in [-0.15, -0.1) is 11.8 Å². The van der Waals surface area contributed by atoms with Crippen LogP contribution in [-0.4, -0.2) is 36.4 Å². The van der Waals surface area contributed by atoms with Crippen LogP contribution >= 0.6 is 11.8 Å². The molecule has 6 nitrogen and oxygen atoms in total. The Bertz CT molecular complexity index is 1110. The van der Waals surface area contributed by atoms with Crippen molar-refractivity contribution in [3.05, 3.63) is 54.4 Å². The molecule has 2 aromatic rings. The highest BCUT2D eigenvalue weighted by molar-refractivity contribution is 7.99. The molecule has 1 heterocycles. The zero-order valence-electron chi connectivity index (χ0n) is 18.6. The van der Waals surface area contributed by atoms with Gasteiger partial charge in [0.1, 0.15) is 5.54 Å². The summed E-state index contributed by atoms with van der Waals surface area (Å²) in [5.41, 5.74) is 0.319. The zero-order chi connectivity index (χ0) is 23.3. The van der Waals surface area contributed by atoms with Crippen LogP contribution in [0.3, 0.4) is 0 Å². The van der Waals surface area contributed by atoms with Crippen molar-refractivity contribution in [2.75, 3.05) is 11.5 Å². The number of hydrogen-bond donors (Lipinski definition) is 1. The van der Waals surface area contributed by atoms with Gasteiger partial charge < -0.3 is 5.32 Å². The van der Waals surface area contributed by atoms with Gasteiger partial charge in [-0.3, -0.25) is 9.78 Å². The number of nitrogens with zero attached hydrogens (tertiary/aromatic N) is 2. The second kappa shape index (κ2) is 10.3. The molecular formula is C25H29N3O3S2. The maximum Gasteiger partial charge on any atom is 0.224 e. The first-order valence-corrected chi connectivity index (χ1v) is 14.1. The van der Waals surface area contributed by atoms with Crippen LogP contribution in [0.25, 0.3) is 0 Å². The molecule has 4 rings (SSSR count). The number of sulfone groups is 1. The highest BCUT2D eigenvalue weighted by Gasteiger charge is 2.46. The third kappa shape index (κ3) is 6.15. The van der Waals surface area contributed by atoms with E-state index in [1.807, 2.05) is 30.3 Å². The van der Waals surface area contributed by atoms with Gasteiger partial charge in [0.25, 0.3) is 0 Å². The van der Waals surface area contributed by atoms with Crippen molar-refractivity contribution >= 4 is 27.5 Å². The van der Waals surface area contributed by atoms with E-state index in [4.69, 9.17) is 0 Å². The molecule has 2 unspecified atom stereocenters. The third-order valence-electron chi connectivity index (χ3n) is 6.54. The molecular weight excluding hydrogens is 454 g/mol. The Morgan fingerprint density at radius 2 is 1.91 bits per heavy atom. The number of carbonyl (C=O) groups is 1. The number of amides is 1. The Balaban J connectivity index is 1.35. The molecule has 0 spiro atoms. The van der Waals surface area contributed by atoms with E-state index in [2.05, 4.69) is 16.4 Å². The van der Waals surface area contributed by atoms with Gasteiger partial charge in [0, 0.05) is 28.5 Å². The molecule has 0 bridgehead atoms. The quantitative estimate of drug-likeness (QED) is 0.538. The van der Waals surface area contributed by atoms with Gasteiger partial charge in [-0.1, -0.05) is 18.9 Å². The summed E-state index contributed by atoms with van der Waals surface area (Å²) in [5, 5.41) is 12.2. The van der Waals surface area contributed by atoms with E-state index in [1.54, 1.807) is 30.1 Å². The highest BCUT2D eigenvalue weighted by Crippen LogP contribution is 2.37. The van der Waals surface area contributed by atoms with Crippen LogP contribution in [-0.2, 0) is 21.1 Å². The molecule has 2 aliphatic rings. The molecule has 1 N–H and O–H groups in total. The number of aromatic nitrogens is 1. The molecule has 2 saturated carbocycles. The molecule has 0 aliphatic heterocycles. The fourth-order valence-corrected chi connectivity index (χ4v) is 6.99. The van der Waals surface area contributed by atoms with E-state index >= 15 is 0 Å². The lowest BCUT2D eigenvalue weighted by atomic mass is 9.79. The molecule has 2 atom stereocenters. The van der Waals surface area contributed by atoms with E-state index in [-0.39, 0.29) is 23.5 Å². The lowest BCUT2D eigenvalue weighted by Gasteiger charge is -2.31. The number of pyridine rings is 1. The molecule has 0 saturated heterocycles. The molecule has 1 amide bonds. The molecule has 2 fully saturated rings. The summed E-state index contributed by atoms with van der Waals surface area (Å²) in [5.74, 6) is 0.114. The molecule has 8 heteroatoms. The summed E-state index contributed by atoms with van der Waals surface area (Å²) in [6.07, 6.45) is 7.24. The lowest BCUT2D eigenvalue weighted by molar-refractivity contribution is -0.128. The van der Waals surface area contributed by atoms with Crippen molar-refractivity contribution in [2.45, 2.75) is 60.3 Å². The van der Waals surface area contributed by atoms with Crippen LogP contribution in [0.15, 0.2) is 58.5 Å². The van der Waals surface area contributed by atoms with E-state index in [0.29, 0.717) is 24.2 Å². The number of thioether (sulfide) groups is 1. The molecule has 1 aromatic heterocycles. The number of benzene rings is 1. The monoisotopic (exact) mass is 483 g/mol. The predicted molar refractivity (Wildman–Crippen MR) is 128 cm³/mol. The van der Waals surface area contributed by atoms with Gasteiger partial charge in [0.15, 0.2) is 9.84 Å². The van der Waals surface area contributed by atoms with Gasteiger partial charge in [0.2, 0.25) is 5.91 Å². The standard InChI is InChI=1S/C25H29N3O3S2/c26-18-25(13-14-25)28-24(29)23-7-2-1-5-19(23)17-33(30,31)22-10-8-21(9-11-22)32-16-12-20-6-3-4-15-27-20/h3-4,6,8-11,15,19,23H,1-2,5,7,12-14,16-17H2,(H,28,29). The van der Waals surface area contributed by atoms with E-state index in [9.17, 15) is 18.5 Å². The first-order valence-electron chi connectivity index (χ1n) is 11.5. The van der Waals surface area contributed by atoms with E-state index in [1.165, 1.54) is 0 Å². The Labute approximate surface area is 200 Å². The normalized spacial score (nSPS) is 21.7. The van der Waals surface area contributed by atoms with Gasteiger partial charge in [-0.05, 0) is 74.4 Å². The van der Waals surface area contributed by atoms with Crippen molar-refractivity contribution in [3.8, 4) is 6.07 Å². The summed E-state index contributed by atoms with van der Waals surface area (Å²) >= 11 is 1.67. The Morgan fingerprint density at radius 3 is 2.58 bits per heavy atom. The van der Waals surface area contributed by atoms with E-state index in [0.717, 1.165) is 42.0 Å². The minimum absolute atomic E-state index is 0.0309. The Kier molecular flexibility index (Phi) is 7.40. The largest absolute Gasteiger partial charge is 0.338 e. The Hall–Kier alpha value is -2.37. The summed E-state index contributed by atoms with van der Waals surface area (Å²) in [4.78, 5) is 18.5. The van der Waals surface area contributed by atoms with Crippen molar-refractivity contribution < 1.29 is 13.2 Å². The van der Waals surface area contributed by atoms with Crippen LogP contribution < -0.4 is 5.32 Å². The lowest BCUT2D eigenvalue weighted by Crippen LogP contribution is -2.44. The number of aryl methyl sites for hydroxylation is 1. The summed E-state index contributed by atoms with van der Waals surface area (Å²) in [6, 6.07) is 15.1. The van der Waals surface area contributed by atoms with Crippen LogP contribution in [0.2, 0.25) is 0 Å². The number of nitriles is 1. The van der Waals surface area contributed by atoms with Crippen LogP contribution in [0.5, 0.6) is 0 Å². The second-order valence-electron chi connectivity index (χ2n) is 9.01. The van der Waals surface area contributed by atoms with Crippen molar-refractivity contribution in [1.29, 1.82) is 5.26 Å². The first kappa shape index (κ1) is 23.8. The topological polar surface area (TPSA) is 99.9 Å². The van der Waals surface area contributed by atoms with Crippen LogP contribution in [0, 0.1) is 23.2 Å². The average Bonchev–Trinajstić information content (AvgIpc) is 3.60. The van der Waals surface area contributed by atoms with Crippen LogP contribution in [0.1, 0.15) is 44.2 Å². The van der Waals surface area contributed by atoms with Crippen molar-refractivity contribution in [1.82, 2.24) is 10.3 Å². The third-order valence-corrected chi connectivity index (χ3v) is 9.41. The van der Waals surface area contributed by atoms with Crippen LogP contribution in [0.4, 0.5) is 0 Å². The molecule has 174 valence electrons. The molecule has 2 aliphatic carbocycles. The SMILES string of the molecule is N#CC1(NC(=O)C2CCCCC2CS(=O)(=O)c2ccc(SCCc3ccccn3)cc2)CC1. The first-order chi connectivity index (χ1) is 15.9. The molecule has 33 heavy (non-hydrogen) atoms. The van der Waals surface area contributed by atoms with Gasteiger partial charge >= 0.3 is 0 Å². The van der Waals surface area contributed by atoms with Crippen molar-refractivity contribution in [2.24, 2.45) is 11.8 Å². The van der Waals surface area contributed by atoms with Gasteiger partial charge in [-0.25, -0.2) is 8.42 Å². The fraction of sp³-hybridized carbons (Fsp3) is 0.480. The predicted octanol–water partition coefficient (Wildman–Crippen LogP) is 4.17. The number of nitrogens with one attached hydrogen (secondary N) is 1. The molecule has 0 radical (unpaired) electrons. The molecule has 1 aromatic carbocycles. The highest BCUT2D eigenvalue weighted by atomic mass is 32.2. The number of hydrogen-bond acceptors (Lipinski definition) is 6. The maximum absolute atomic E-state index is 13.1. The fourth-order valence-electron chi connectivity index (χ4n) is 4.41. The minimum Gasteiger partial charge on any atom is -0.338 e. The zero-order valence-corrected chi connectivity index (χ0v) is 20.2. The summed E-state index contributed by atoms with van der Waals surface area (Å²) in [6.45, 7) is 0. The maximum atomic E-state index is 13.1. The minimum atomic E-state index is -3.50. The second-order valence-corrected chi connectivity index (χ2v) is 12.2. The summed E-state index contributed by atoms with van der Waals surface area (Å²) in [7, 11) is -3.50. The van der Waals surface area contributed by atoms with Gasteiger partial charge in [0.05, 0.1) is 16.7 Å². The van der Waals surface area contributed by atoms with E-state index < -0.39 is 15.4 Å². The summed E-state index contributed by atoms with van der Waals surface area (Å²) < 4.78 is 26.3. The average molecular weight is 484 g/mol.